The number of para-hydroxylation sites is 2. The van der Waals surface area contributed by atoms with Crippen molar-refractivity contribution in [3.8, 4) is 11.5 Å². The van der Waals surface area contributed by atoms with Crippen molar-refractivity contribution in [2.45, 2.75) is 12.7 Å². The lowest BCUT2D eigenvalue weighted by atomic mass is 10.2. The molecule has 1 aliphatic heterocycles. The van der Waals surface area contributed by atoms with Crippen molar-refractivity contribution in [3.63, 3.8) is 0 Å². The summed E-state index contributed by atoms with van der Waals surface area (Å²) in [4.78, 5) is 0. The maximum absolute atomic E-state index is 5.82. The summed E-state index contributed by atoms with van der Waals surface area (Å²) in [5.74, 6) is 1.57. The molecule has 2 aromatic carbocycles. The van der Waals surface area contributed by atoms with Gasteiger partial charge in [0.05, 0.1) is 13.2 Å². The van der Waals surface area contributed by atoms with Gasteiger partial charge >= 0.3 is 0 Å². The van der Waals surface area contributed by atoms with Gasteiger partial charge in [-0.2, -0.15) is 0 Å². The molecule has 1 heterocycles. The highest BCUT2D eigenvalue weighted by Crippen LogP contribution is 2.30. The standard InChI is InChI=1S/C16H17NO3/c17-13-7-5-12(6-8-13)9-18-10-14-11-19-15-3-1-2-4-16(15)20-14/h1-8,14H,9-11,17H2. The number of fused-ring (bicyclic) bond motifs is 1. The van der Waals surface area contributed by atoms with Crippen LogP contribution in [0.25, 0.3) is 0 Å². The van der Waals surface area contributed by atoms with Crippen LogP contribution in [-0.2, 0) is 11.3 Å². The Morgan fingerprint density at radius 1 is 1.05 bits per heavy atom. The van der Waals surface area contributed by atoms with Crippen LogP contribution in [0.3, 0.4) is 0 Å². The zero-order valence-corrected chi connectivity index (χ0v) is 11.1. The molecule has 0 saturated heterocycles. The van der Waals surface area contributed by atoms with Crippen LogP contribution < -0.4 is 15.2 Å². The molecule has 0 aliphatic carbocycles. The Morgan fingerprint density at radius 3 is 2.60 bits per heavy atom. The third kappa shape index (κ3) is 3.03. The molecular formula is C16H17NO3. The highest BCUT2D eigenvalue weighted by atomic mass is 16.6. The molecule has 1 unspecified atom stereocenters. The number of nitrogens with two attached hydrogens (primary N) is 1. The minimum Gasteiger partial charge on any atom is -0.486 e. The molecule has 0 amide bonds. The highest BCUT2D eigenvalue weighted by Gasteiger charge is 2.20. The van der Waals surface area contributed by atoms with Gasteiger partial charge in [-0.05, 0) is 29.8 Å². The average Bonchev–Trinajstić information content (AvgIpc) is 2.49. The van der Waals surface area contributed by atoms with E-state index in [1.165, 1.54) is 0 Å². The first-order valence-electron chi connectivity index (χ1n) is 6.62. The zero-order valence-electron chi connectivity index (χ0n) is 11.1. The Bertz CT molecular complexity index is 568. The molecule has 4 heteroatoms. The van der Waals surface area contributed by atoms with E-state index in [9.17, 15) is 0 Å². The van der Waals surface area contributed by atoms with E-state index in [-0.39, 0.29) is 6.10 Å². The number of hydrogen-bond donors (Lipinski definition) is 1. The monoisotopic (exact) mass is 271 g/mol. The quantitative estimate of drug-likeness (QED) is 0.868. The third-order valence-electron chi connectivity index (χ3n) is 3.12. The van der Waals surface area contributed by atoms with E-state index in [0.717, 1.165) is 22.7 Å². The van der Waals surface area contributed by atoms with Crippen molar-refractivity contribution in [2.75, 3.05) is 18.9 Å². The molecule has 1 atom stereocenters. The molecule has 4 nitrogen and oxygen atoms in total. The van der Waals surface area contributed by atoms with Crippen molar-refractivity contribution < 1.29 is 14.2 Å². The Morgan fingerprint density at radius 2 is 1.80 bits per heavy atom. The van der Waals surface area contributed by atoms with Gasteiger partial charge in [0.1, 0.15) is 6.61 Å². The van der Waals surface area contributed by atoms with Crippen molar-refractivity contribution in [2.24, 2.45) is 0 Å². The topological polar surface area (TPSA) is 53.7 Å². The summed E-state index contributed by atoms with van der Waals surface area (Å²) in [6, 6.07) is 15.3. The third-order valence-corrected chi connectivity index (χ3v) is 3.12. The molecular weight excluding hydrogens is 254 g/mol. The predicted molar refractivity (Wildman–Crippen MR) is 76.9 cm³/mol. The number of ether oxygens (including phenoxy) is 3. The first-order valence-corrected chi connectivity index (χ1v) is 6.62. The fourth-order valence-corrected chi connectivity index (χ4v) is 2.07. The zero-order chi connectivity index (χ0) is 13.8. The van der Waals surface area contributed by atoms with Gasteiger partial charge in [0.25, 0.3) is 0 Å². The van der Waals surface area contributed by atoms with Crippen molar-refractivity contribution >= 4 is 5.69 Å². The van der Waals surface area contributed by atoms with Crippen LogP contribution >= 0.6 is 0 Å². The lowest BCUT2D eigenvalue weighted by Gasteiger charge is -2.26. The first-order chi connectivity index (χ1) is 9.81. The van der Waals surface area contributed by atoms with Gasteiger partial charge in [0.15, 0.2) is 17.6 Å². The molecule has 0 aromatic heterocycles. The second-order valence-corrected chi connectivity index (χ2v) is 4.75. The fourth-order valence-electron chi connectivity index (χ4n) is 2.07. The van der Waals surface area contributed by atoms with E-state index in [1.54, 1.807) is 0 Å². The number of nitrogen functional groups attached to an aromatic ring is 1. The maximum atomic E-state index is 5.82. The van der Waals surface area contributed by atoms with Gasteiger partial charge in [0, 0.05) is 5.69 Å². The minimum absolute atomic E-state index is 0.0707. The molecule has 0 radical (unpaired) electrons. The molecule has 0 spiro atoms. The van der Waals surface area contributed by atoms with Crippen LogP contribution in [0.1, 0.15) is 5.56 Å². The van der Waals surface area contributed by atoms with E-state index in [4.69, 9.17) is 19.9 Å². The molecule has 0 fully saturated rings. The van der Waals surface area contributed by atoms with Gasteiger partial charge in [-0.15, -0.1) is 0 Å². The lowest BCUT2D eigenvalue weighted by molar-refractivity contribution is 0.00272. The second-order valence-electron chi connectivity index (χ2n) is 4.75. The SMILES string of the molecule is Nc1ccc(COCC2COc3ccccc3O2)cc1. The summed E-state index contributed by atoms with van der Waals surface area (Å²) in [7, 11) is 0. The smallest absolute Gasteiger partial charge is 0.161 e. The number of anilines is 1. The Kier molecular flexibility index (Phi) is 3.74. The van der Waals surface area contributed by atoms with E-state index >= 15 is 0 Å². The van der Waals surface area contributed by atoms with Crippen LogP contribution in [-0.4, -0.2) is 19.3 Å². The number of hydrogen-bond acceptors (Lipinski definition) is 4. The van der Waals surface area contributed by atoms with E-state index < -0.39 is 0 Å². The normalized spacial score (nSPS) is 16.9. The van der Waals surface area contributed by atoms with Crippen LogP contribution in [0.5, 0.6) is 11.5 Å². The van der Waals surface area contributed by atoms with Crippen LogP contribution in [0.15, 0.2) is 48.5 Å². The summed E-state index contributed by atoms with van der Waals surface area (Å²) in [6.45, 7) is 1.55. The highest BCUT2D eigenvalue weighted by molar-refractivity contribution is 5.41. The summed E-state index contributed by atoms with van der Waals surface area (Å²) < 4.78 is 17.1. The minimum atomic E-state index is -0.0707. The molecule has 3 rings (SSSR count). The summed E-state index contributed by atoms with van der Waals surface area (Å²) in [6.07, 6.45) is -0.0707. The molecule has 104 valence electrons. The van der Waals surface area contributed by atoms with Crippen LogP contribution in [0.4, 0.5) is 5.69 Å². The molecule has 2 aromatic rings. The van der Waals surface area contributed by atoms with Crippen molar-refractivity contribution in [1.82, 2.24) is 0 Å². The predicted octanol–water partition coefficient (Wildman–Crippen LogP) is 2.63. The number of benzene rings is 2. The first kappa shape index (κ1) is 12.8. The van der Waals surface area contributed by atoms with Gasteiger partial charge in [-0.3, -0.25) is 0 Å². The van der Waals surface area contributed by atoms with Crippen molar-refractivity contribution in [3.05, 3.63) is 54.1 Å². The van der Waals surface area contributed by atoms with Crippen LogP contribution in [0.2, 0.25) is 0 Å². The Balaban J connectivity index is 1.49. The largest absolute Gasteiger partial charge is 0.486 e. The van der Waals surface area contributed by atoms with Gasteiger partial charge in [-0.25, -0.2) is 0 Å². The fraction of sp³-hybridized carbons (Fsp3) is 0.250. The van der Waals surface area contributed by atoms with Gasteiger partial charge in [-0.1, -0.05) is 24.3 Å². The summed E-state index contributed by atoms with van der Waals surface area (Å²) in [5, 5.41) is 0. The summed E-state index contributed by atoms with van der Waals surface area (Å²) in [5.41, 5.74) is 7.49. The van der Waals surface area contributed by atoms with Crippen LogP contribution in [0, 0.1) is 0 Å². The second kappa shape index (κ2) is 5.84. The number of rotatable bonds is 4. The molecule has 20 heavy (non-hydrogen) atoms. The van der Waals surface area contributed by atoms with Crippen molar-refractivity contribution in [1.29, 1.82) is 0 Å². The van der Waals surface area contributed by atoms with Gasteiger partial charge < -0.3 is 19.9 Å². The maximum Gasteiger partial charge on any atom is 0.161 e. The molecule has 2 N–H and O–H groups in total. The molecule has 1 aliphatic rings. The Labute approximate surface area is 118 Å². The molecule has 0 bridgehead atoms. The van der Waals surface area contributed by atoms with E-state index in [0.29, 0.717) is 19.8 Å². The van der Waals surface area contributed by atoms with E-state index in [1.807, 2.05) is 48.5 Å². The summed E-state index contributed by atoms with van der Waals surface area (Å²) >= 11 is 0. The Hall–Kier alpha value is -2.20. The van der Waals surface area contributed by atoms with E-state index in [2.05, 4.69) is 0 Å². The average molecular weight is 271 g/mol. The van der Waals surface area contributed by atoms with Gasteiger partial charge in [0.2, 0.25) is 0 Å². The molecule has 0 saturated carbocycles. The lowest BCUT2D eigenvalue weighted by Crippen LogP contribution is -2.33.